The van der Waals surface area contributed by atoms with E-state index in [9.17, 15) is 0 Å². The Morgan fingerprint density at radius 2 is 2.00 bits per heavy atom. The first kappa shape index (κ1) is 10.9. The van der Waals surface area contributed by atoms with Crippen molar-refractivity contribution >= 4 is 11.8 Å². The lowest BCUT2D eigenvalue weighted by atomic mass is 10.2. The highest BCUT2D eigenvalue weighted by Gasteiger charge is 2.13. The molecule has 0 aliphatic heterocycles. The van der Waals surface area contributed by atoms with E-state index in [0.717, 1.165) is 11.7 Å². The van der Waals surface area contributed by atoms with Crippen LogP contribution >= 0.6 is 11.8 Å². The van der Waals surface area contributed by atoms with Crippen LogP contribution in [0.1, 0.15) is 31.2 Å². The molecular formula is C11H17N3S. The average Bonchev–Trinajstić information content (AvgIpc) is 2.80. The van der Waals surface area contributed by atoms with Gasteiger partial charge in [-0.15, -0.1) is 0 Å². The van der Waals surface area contributed by atoms with Gasteiger partial charge < -0.3 is 5.32 Å². The van der Waals surface area contributed by atoms with Crippen molar-refractivity contribution in [1.29, 1.82) is 0 Å². The van der Waals surface area contributed by atoms with Crippen molar-refractivity contribution < 1.29 is 0 Å². The van der Waals surface area contributed by atoms with Crippen LogP contribution in [0.4, 0.5) is 0 Å². The molecule has 1 heterocycles. The molecule has 0 spiro atoms. The van der Waals surface area contributed by atoms with Gasteiger partial charge >= 0.3 is 0 Å². The summed E-state index contributed by atoms with van der Waals surface area (Å²) in [5, 5.41) is 4.40. The van der Waals surface area contributed by atoms with Crippen molar-refractivity contribution in [2.45, 2.75) is 43.4 Å². The molecule has 4 heteroatoms. The third-order valence-corrected chi connectivity index (χ3v) is 3.39. The zero-order chi connectivity index (χ0) is 10.5. The largest absolute Gasteiger partial charge is 0.310 e. The minimum atomic E-state index is 0.713. The fraction of sp³-hybridized carbons (Fsp3) is 0.636. The molecule has 0 saturated heterocycles. The standard InChI is InChI=1S/C11H17N3S/c1-15-11-13-7-9(8-14-11)6-12-10-4-2-3-5-10/h7-8,10,12H,2-6H2,1H3. The van der Waals surface area contributed by atoms with Gasteiger partial charge in [-0.25, -0.2) is 9.97 Å². The topological polar surface area (TPSA) is 37.8 Å². The first-order valence-corrected chi connectivity index (χ1v) is 6.69. The van der Waals surface area contributed by atoms with E-state index >= 15 is 0 Å². The van der Waals surface area contributed by atoms with E-state index in [0.29, 0.717) is 6.04 Å². The molecule has 1 fully saturated rings. The average molecular weight is 223 g/mol. The van der Waals surface area contributed by atoms with Gasteiger partial charge in [0, 0.05) is 30.5 Å². The summed E-state index contributed by atoms with van der Waals surface area (Å²) in [6.45, 7) is 0.902. The summed E-state index contributed by atoms with van der Waals surface area (Å²) in [6, 6.07) is 0.713. The van der Waals surface area contributed by atoms with Gasteiger partial charge in [0.2, 0.25) is 0 Å². The second kappa shape index (κ2) is 5.47. The Bertz CT molecular complexity index is 293. The van der Waals surface area contributed by atoms with Gasteiger partial charge in [0.05, 0.1) is 0 Å². The molecule has 0 bridgehead atoms. The Kier molecular flexibility index (Phi) is 3.97. The maximum atomic E-state index is 4.25. The number of thioether (sulfide) groups is 1. The lowest BCUT2D eigenvalue weighted by Gasteiger charge is -2.11. The summed E-state index contributed by atoms with van der Waals surface area (Å²) < 4.78 is 0. The molecule has 1 aliphatic rings. The van der Waals surface area contributed by atoms with Crippen molar-refractivity contribution in [2.24, 2.45) is 0 Å². The SMILES string of the molecule is CSc1ncc(CNC2CCCC2)cn1. The van der Waals surface area contributed by atoms with Crippen LogP contribution in [0.3, 0.4) is 0 Å². The molecular weight excluding hydrogens is 206 g/mol. The molecule has 15 heavy (non-hydrogen) atoms. The molecule has 0 unspecified atom stereocenters. The second-order valence-corrected chi connectivity index (χ2v) is 4.71. The summed E-state index contributed by atoms with van der Waals surface area (Å²) in [6.07, 6.45) is 11.2. The van der Waals surface area contributed by atoms with Gasteiger partial charge in [-0.2, -0.15) is 0 Å². The first-order chi connectivity index (χ1) is 7.38. The third-order valence-electron chi connectivity index (χ3n) is 2.81. The Hall–Kier alpha value is -0.610. The molecule has 1 aromatic heterocycles. The summed E-state index contributed by atoms with van der Waals surface area (Å²) in [4.78, 5) is 8.51. The molecule has 3 nitrogen and oxygen atoms in total. The van der Waals surface area contributed by atoms with E-state index < -0.39 is 0 Å². The summed E-state index contributed by atoms with van der Waals surface area (Å²) in [5.74, 6) is 0. The number of nitrogens with zero attached hydrogens (tertiary/aromatic N) is 2. The van der Waals surface area contributed by atoms with E-state index in [1.165, 1.54) is 31.2 Å². The molecule has 0 amide bonds. The highest BCUT2D eigenvalue weighted by molar-refractivity contribution is 7.98. The Morgan fingerprint density at radius 3 is 2.60 bits per heavy atom. The molecule has 1 aromatic rings. The van der Waals surface area contributed by atoms with Crippen LogP contribution in [0, 0.1) is 0 Å². The zero-order valence-electron chi connectivity index (χ0n) is 9.07. The highest BCUT2D eigenvalue weighted by Crippen LogP contribution is 2.18. The number of aromatic nitrogens is 2. The van der Waals surface area contributed by atoms with Crippen LogP contribution in [0.5, 0.6) is 0 Å². The fourth-order valence-electron chi connectivity index (χ4n) is 1.93. The Labute approximate surface area is 95.1 Å². The van der Waals surface area contributed by atoms with Gasteiger partial charge in [-0.05, 0) is 19.1 Å². The van der Waals surface area contributed by atoms with E-state index in [1.54, 1.807) is 11.8 Å². The third kappa shape index (κ3) is 3.18. The quantitative estimate of drug-likeness (QED) is 0.627. The number of hydrogen-bond donors (Lipinski definition) is 1. The van der Waals surface area contributed by atoms with E-state index in [-0.39, 0.29) is 0 Å². The van der Waals surface area contributed by atoms with E-state index in [1.807, 2.05) is 18.6 Å². The molecule has 1 aliphatic carbocycles. The van der Waals surface area contributed by atoms with Crippen LogP contribution in [-0.2, 0) is 6.54 Å². The van der Waals surface area contributed by atoms with Crippen molar-refractivity contribution in [3.05, 3.63) is 18.0 Å². The summed E-state index contributed by atoms with van der Waals surface area (Å²) >= 11 is 1.58. The lowest BCUT2D eigenvalue weighted by Crippen LogP contribution is -2.25. The lowest BCUT2D eigenvalue weighted by molar-refractivity contribution is 0.522. The van der Waals surface area contributed by atoms with E-state index in [4.69, 9.17) is 0 Å². The normalized spacial score (nSPS) is 17.1. The maximum Gasteiger partial charge on any atom is 0.187 e. The fourth-order valence-corrected chi connectivity index (χ4v) is 2.25. The molecule has 82 valence electrons. The first-order valence-electron chi connectivity index (χ1n) is 5.47. The summed E-state index contributed by atoms with van der Waals surface area (Å²) in [5.41, 5.74) is 1.18. The van der Waals surface area contributed by atoms with Gasteiger partial charge in [-0.1, -0.05) is 24.6 Å². The van der Waals surface area contributed by atoms with Crippen LogP contribution in [0.2, 0.25) is 0 Å². The van der Waals surface area contributed by atoms with Crippen LogP contribution in [-0.4, -0.2) is 22.3 Å². The van der Waals surface area contributed by atoms with Crippen molar-refractivity contribution in [1.82, 2.24) is 15.3 Å². The highest BCUT2D eigenvalue weighted by atomic mass is 32.2. The summed E-state index contributed by atoms with van der Waals surface area (Å²) in [7, 11) is 0. The van der Waals surface area contributed by atoms with Crippen molar-refractivity contribution in [3.63, 3.8) is 0 Å². The van der Waals surface area contributed by atoms with Crippen molar-refractivity contribution in [3.8, 4) is 0 Å². The minimum Gasteiger partial charge on any atom is -0.310 e. The van der Waals surface area contributed by atoms with Crippen LogP contribution < -0.4 is 5.32 Å². The monoisotopic (exact) mass is 223 g/mol. The predicted molar refractivity (Wildman–Crippen MR) is 62.9 cm³/mol. The molecule has 1 saturated carbocycles. The van der Waals surface area contributed by atoms with Gasteiger partial charge in [-0.3, -0.25) is 0 Å². The second-order valence-electron chi connectivity index (χ2n) is 3.94. The Balaban J connectivity index is 1.82. The number of rotatable bonds is 4. The number of hydrogen-bond acceptors (Lipinski definition) is 4. The minimum absolute atomic E-state index is 0.713. The van der Waals surface area contributed by atoms with Crippen LogP contribution in [0.25, 0.3) is 0 Å². The Morgan fingerprint density at radius 1 is 1.33 bits per heavy atom. The smallest absolute Gasteiger partial charge is 0.187 e. The van der Waals surface area contributed by atoms with Gasteiger partial charge in [0.1, 0.15) is 0 Å². The predicted octanol–water partition coefficient (Wildman–Crippen LogP) is 2.23. The molecule has 1 N–H and O–H groups in total. The van der Waals surface area contributed by atoms with Gasteiger partial charge in [0.15, 0.2) is 5.16 Å². The molecule has 2 rings (SSSR count). The number of nitrogens with one attached hydrogen (secondary N) is 1. The molecule has 0 radical (unpaired) electrons. The molecule has 0 atom stereocenters. The zero-order valence-corrected chi connectivity index (χ0v) is 9.89. The van der Waals surface area contributed by atoms with E-state index in [2.05, 4.69) is 15.3 Å². The molecule has 0 aromatic carbocycles. The van der Waals surface area contributed by atoms with Gasteiger partial charge in [0.25, 0.3) is 0 Å². The van der Waals surface area contributed by atoms with Crippen molar-refractivity contribution in [2.75, 3.05) is 6.26 Å². The van der Waals surface area contributed by atoms with Crippen LogP contribution in [0.15, 0.2) is 17.6 Å². The maximum absolute atomic E-state index is 4.25.